The molecule has 19 heavy (non-hydrogen) atoms. The van der Waals surface area contributed by atoms with Gasteiger partial charge in [0.25, 0.3) is 0 Å². The number of aryl methyl sites for hydroxylation is 2. The minimum absolute atomic E-state index is 0.161. The molecule has 5 nitrogen and oxygen atoms in total. The monoisotopic (exact) mass is 331 g/mol. The van der Waals surface area contributed by atoms with E-state index in [1.165, 1.54) is 0 Å². The van der Waals surface area contributed by atoms with Gasteiger partial charge in [0.1, 0.15) is 0 Å². The molecule has 0 aliphatic rings. The first kappa shape index (κ1) is 16.2. The third-order valence-electron chi connectivity index (χ3n) is 3.20. The number of aliphatic carboxylic acids is 1. The van der Waals surface area contributed by atoms with Crippen molar-refractivity contribution < 1.29 is 9.90 Å². The van der Waals surface area contributed by atoms with Crippen molar-refractivity contribution >= 4 is 21.9 Å². The van der Waals surface area contributed by atoms with Crippen LogP contribution in [0.1, 0.15) is 38.6 Å². The van der Waals surface area contributed by atoms with Gasteiger partial charge in [-0.05, 0) is 36.2 Å². The maximum atomic E-state index is 10.7. The molecule has 1 heterocycles. The second kappa shape index (κ2) is 7.05. The zero-order chi connectivity index (χ0) is 14.6. The lowest BCUT2D eigenvalue weighted by Gasteiger charge is -2.25. The summed E-state index contributed by atoms with van der Waals surface area (Å²) in [6.07, 6.45) is 1.04. The van der Waals surface area contributed by atoms with Crippen LogP contribution in [0.2, 0.25) is 0 Å². The third-order valence-corrected chi connectivity index (χ3v) is 4.11. The summed E-state index contributed by atoms with van der Waals surface area (Å²) in [5.74, 6) is -0.760. The van der Waals surface area contributed by atoms with E-state index in [0.717, 1.165) is 22.3 Å². The molecule has 0 spiro atoms. The molecule has 6 heteroatoms. The second-order valence-electron chi connectivity index (χ2n) is 4.89. The molecule has 0 atom stereocenters. The van der Waals surface area contributed by atoms with Crippen molar-refractivity contribution in [3.8, 4) is 0 Å². The summed E-state index contributed by atoms with van der Waals surface area (Å²) in [4.78, 5) is 12.9. The zero-order valence-electron chi connectivity index (χ0n) is 12.0. The number of hydrogen-bond acceptors (Lipinski definition) is 3. The fourth-order valence-electron chi connectivity index (χ4n) is 1.94. The average Bonchev–Trinajstić information content (AvgIpc) is 2.60. The smallest absolute Gasteiger partial charge is 0.304 e. The number of hydrogen-bond donors (Lipinski definition) is 1. The Balaban J connectivity index is 2.84. The van der Waals surface area contributed by atoms with E-state index in [1.54, 1.807) is 0 Å². The Labute approximate surface area is 122 Å². The lowest BCUT2D eigenvalue weighted by molar-refractivity contribution is -0.137. The van der Waals surface area contributed by atoms with E-state index in [-0.39, 0.29) is 6.42 Å². The fourth-order valence-corrected chi connectivity index (χ4v) is 2.68. The molecule has 0 saturated carbocycles. The Hall–Kier alpha value is -0.880. The van der Waals surface area contributed by atoms with E-state index in [1.807, 2.05) is 11.7 Å². The van der Waals surface area contributed by atoms with Gasteiger partial charge in [0.2, 0.25) is 0 Å². The first-order valence-corrected chi connectivity index (χ1v) is 7.32. The summed E-state index contributed by atoms with van der Waals surface area (Å²) in [5, 5.41) is 13.3. The Morgan fingerprint density at radius 3 is 2.58 bits per heavy atom. The lowest BCUT2D eigenvalue weighted by Crippen LogP contribution is -2.33. The van der Waals surface area contributed by atoms with E-state index in [9.17, 15) is 4.79 Å². The molecule has 0 fully saturated rings. The normalized spacial score (nSPS) is 11.5. The van der Waals surface area contributed by atoms with Crippen molar-refractivity contribution in [2.75, 3.05) is 6.54 Å². The van der Waals surface area contributed by atoms with Gasteiger partial charge in [0.05, 0.1) is 22.3 Å². The fraction of sp³-hybridized carbons (Fsp3) is 0.692. The highest BCUT2D eigenvalue weighted by Gasteiger charge is 2.18. The molecule has 0 radical (unpaired) electrons. The summed E-state index contributed by atoms with van der Waals surface area (Å²) in [6, 6.07) is 0.297. The first-order valence-electron chi connectivity index (χ1n) is 6.52. The molecule has 0 unspecified atom stereocenters. The molecule has 0 aliphatic heterocycles. The predicted octanol–water partition coefficient (Wildman–Crippen LogP) is 2.43. The molecule has 1 aromatic rings. The summed E-state index contributed by atoms with van der Waals surface area (Å²) < 4.78 is 2.91. The molecule has 1 aromatic heterocycles. The Morgan fingerprint density at radius 2 is 2.16 bits per heavy atom. The molecular weight excluding hydrogens is 310 g/mol. The highest BCUT2D eigenvalue weighted by atomic mass is 79.9. The Bertz CT molecular complexity index is 443. The molecule has 1 rings (SSSR count). The molecule has 0 saturated heterocycles. The highest BCUT2D eigenvalue weighted by Crippen LogP contribution is 2.23. The molecule has 108 valence electrons. The molecule has 0 amide bonds. The van der Waals surface area contributed by atoms with Gasteiger partial charge in [-0.2, -0.15) is 5.10 Å². The van der Waals surface area contributed by atoms with Gasteiger partial charge in [-0.3, -0.25) is 14.4 Å². The second-order valence-corrected chi connectivity index (χ2v) is 5.69. The van der Waals surface area contributed by atoms with Gasteiger partial charge in [-0.25, -0.2) is 0 Å². The molecule has 0 bridgehead atoms. The zero-order valence-corrected chi connectivity index (χ0v) is 13.6. The van der Waals surface area contributed by atoms with Crippen molar-refractivity contribution in [3.05, 3.63) is 15.9 Å². The Kier molecular flexibility index (Phi) is 6.00. The lowest BCUT2D eigenvalue weighted by atomic mass is 10.2. The third kappa shape index (κ3) is 4.31. The maximum absolute atomic E-state index is 10.7. The number of aromatic nitrogens is 2. The number of halogens is 1. The standard InChI is InChI=1S/C13H22BrN3O2/c1-5-10-13(14)11(16(4)15-10)8-17(9(2)3)7-6-12(18)19/h9H,5-8H2,1-4H3,(H,18,19). The van der Waals surface area contributed by atoms with E-state index < -0.39 is 5.97 Å². The van der Waals surface area contributed by atoms with Crippen LogP contribution in [0.5, 0.6) is 0 Å². The molecule has 0 aliphatic carbocycles. The minimum atomic E-state index is -0.760. The van der Waals surface area contributed by atoms with Crippen LogP contribution in [-0.4, -0.2) is 38.3 Å². The number of rotatable bonds is 7. The van der Waals surface area contributed by atoms with Crippen LogP contribution >= 0.6 is 15.9 Å². The number of carboxylic acid groups (broad SMARTS) is 1. The van der Waals surface area contributed by atoms with Crippen LogP contribution in [0.4, 0.5) is 0 Å². The van der Waals surface area contributed by atoms with Crippen LogP contribution in [0, 0.1) is 0 Å². The quantitative estimate of drug-likeness (QED) is 0.833. The van der Waals surface area contributed by atoms with Crippen LogP contribution in [0.3, 0.4) is 0 Å². The van der Waals surface area contributed by atoms with Crippen molar-refractivity contribution in [2.45, 2.75) is 46.2 Å². The highest BCUT2D eigenvalue weighted by molar-refractivity contribution is 9.10. The van der Waals surface area contributed by atoms with Crippen LogP contribution in [0.15, 0.2) is 4.47 Å². The SMILES string of the molecule is CCc1nn(C)c(CN(CCC(=O)O)C(C)C)c1Br. The van der Waals surface area contributed by atoms with Crippen molar-refractivity contribution in [1.82, 2.24) is 14.7 Å². The van der Waals surface area contributed by atoms with Crippen molar-refractivity contribution in [3.63, 3.8) is 0 Å². The summed E-state index contributed by atoms with van der Waals surface area (Å²) in [6.45, 7) is 7.47. The minimum Gasteiger partial charge on any atom is -0.481 e. The van der Waals surface area contributed by atoms with E-state index in [4.69, 9.17) is 5.11 Å². The molecule has 0 aromatic carbocycles. The first-order chi connectivity index (χ1) is 8.86. The summed E-state index contributed by atoms with van der Waals surface area (Å²) in [5.41, 5.74) is 2.13. The van der Waals surface area contributed by atoms with Crippen LogP contribution in [-0.2, 0) is 24.8 Å². The number of carboxylic acids is 1. The van der Waals surface area contributed by atoms with Crippen molar-refractivity contribution in [1.29, 1.82) is 0 Å². The van der Waals surface area contributed by atoms with Gasteiger partial charge in [-0.15, -0.1) is 0 Å². The van der Waals surface area contributed by atoms with Crippen molar-refractivity contribution in [2.24, 2.45) is 7.05 Å². The summed E-state index contributed by atoms with van der Waals surface area (Å²) >= 11 is 3.59. The largest absolute Gasteiger partial charge is 0.481 e. The van der Waals surface area contributed by atoms with Crippen LogP contribution < -0.4 is 0 Å². The topological polar surface area (TPSA) is 58.4 Å². The van der Waals surface area contributed by atoms with Gasteiger partial charge in [0.15, 0.2) is 0 Å². The number of carbonyl (C=O) groups is 1. The molecule has 1 N–H and O–H groups in total. The maximum Gasteiger partial charge on any atom is 0.304 e. The van der Waals surface area contributed by atoms with E-state index in [0.29, 0.717) is 19.1 Å². The summed E-state index contributed by atoms with van der Waals surface area (Å²) in [7, 11) is 1.93. The van der Waals surface area contributed by atoms with Gasteiger partial charge < -0.3 is 5.11 Å². The van der Waals surface area contributed by atoms with Gasteiger partial charge >= 0.3 is 5.97 Å². The average molecular weight is 332 g/mol. The van der Waals surface area contributed by atoms with Gasteiger partial charge in [0, 0.05) is 26.2 Å². The van der Waals surface area contributed by atoms with E-state index >= 15 is 0 Å². The van der Waals surface area contributed by atoms with E-state index in [2.05, 4.69) is 46.7 Å². The molecular formula is C13H22BrN3O2. The van der Waals surface area contributed by atoms with Gasteiger partial charge in [-0.1, -0.05) is 6.92 Å². The van der Waals surface area contributed by atoms with Crippen LogP contribution in [0.25, 0.3) is 0 Å². The number of nitrogens with zero attached hydrogens (tertiary/aromatic N) is 3. The predicted molar refractivity (Wildman–Crippen MR) is 78.1 cm³/mol. The Morgan fingerprint density at radius 1 is 1.53 bits per heavy atom.